The van der Waals surface area contributed by atoms with E-state index in [0.29, 0.717) is 31.5 Å². The van der Waals surface area contributed by atoms with E-state index in [1.807, 2.05) is 33.8 Å². The lowest BCUT2D eigenvalue weighted by molar-refractivity contribution is -0.0372. The monoisotopic (exact) mass is 370 g/mol. The molecular formula is C20H26N4O3. The summed E-state index contributed by atoms with van der Waals surface area (Å²) in [4.78, 5) is 19.1. The fraction of sp³-hybridized carbons (Fsp3) is 0.550. The molecule has 0 radical (unpaired) electrons. The molecule has 4 atom stereocenters. The summed E-state index contributed by atoms with van der Waals surface area (Å²) < 4.78 is 1.87. The van der Waals surface area contributed by atoms with Crippen LogP contribution in [0.1, 0.15) is 36.5 Å². The van der Waals surface area contributed by atoms with Crippen molar-refractivity contribution in [3.63, 3.8) is 0 Å². The highest BCUT2D eigenvalue weighted by molar-refractivity contribution is 5.94. The average Bonchev–Trinajstić information content (AvgIpc) is 3.29. The third kappa shape index (κ3) is 3.49. The molecule has 1 aliphatic carbocycles. The number of carbonyl (C=O) groups is 1. The van der Waals surface area contributed by atoms with Gasteiger partial charge in [-0.1, -0.05) is 19.1 Å². The Bertz CT molecular complexity index is 786. The van der Waals surface area contributed by atoms with Crippen LogP contribution in [-0.2, 0) is 6.54 Å². The number of aryl methyl sites for hydroxylation is 1. The summed E-state index contributed by atoms with van der Waals surface area (Å²) in [6, 6.07) is 7.52. The van der Waals surface area contributed by atoms with Crippen molar-refractivity contribution in [1.82, 2.24) is 19.7 Å². The number of fused-ring (bicyclic) bond motifs is 1. The number of aromatic nitrogens is 3. The summed E-state index contributed by atoms with van der Waals surface area (Å²) in [5, 5.41) is 24.0. The van der Waals surface area contributed by atoms with Crippen LogP contribution in [0.25, 0.3) is 11.4 Å². The van der Waals surface area contributed by atoms with Gasteiger partial charge in [-0.15, -0.1) is 0 Å². The number of hydrogen-bond donors (Lipinski definition) is 2. The summed E-state index contributed by atoms with van der Waals surface area (Å²) in [6.45, 7) is 4.21. The van der Waals surface area contributed by atoms with Crippen molar-refractivity contribution in [3.8, 4) is 11.4 Å². The minimum atomic E-state index is -0.666. The fourth-order valence-electron chi connectivity index (χ4n) is 4.38. The lowest BCUT2D eigenvalue weighted by Gasteiger charge is -2.31. The van der Waals surface area contributed by atoms with Gasteiger partial charge >= 0.3 is 0 Å². The highest BCUT2D eigenvalue weighted by atomic mass is 16.3. The molecule has 1 amide bonds. The van der Waals surface area contributed by atoms with Gasteiger partial charge in [-0.3, -0.25) is 4.79 Å². The van der Waals surface area contributed by atoms with Crippen LogP contribution in [0.3, 0.4) is 0 Å². The van der Waals surface area contributed by atoms with E-state index in [0.717, 1.165) is 24.4 Å². The van der Waals surface area contributed by atoms with Gasteiger partial charge in [0.1, 0.15) is 6.33 Å². The van der Waals surface area contributed by atoms with E-state index in [9.17, 15) is 15.0 Å². The van der Waals surface area contributed by atoms with Crippen LogP contribution in [0.2, 0.25) is 0 Å². The molecule has 7 nitrogen and oxygen atoms in total. The summed E-state index contributed by atoms with van der Waals surface area (Å²) in [5.41, 5.74) is 1.60. The molecule has 1 aliphatic heterocycles. The standard InChI is InChI=1S/C20H26N4O3/c1-2-7-24-19(21-12-22-24)13-3-5-14(6-4-13)20(27)23-10-15-8-17(25)18(26)9-16(15)11-23/h3-6,12,15-18,25-26H,2,7-11H2,1H3/t15-,16+,17+,18-. The maximum absolute atomic E-state index is 12.9. The molecule has 0 unspecified atom stereocenters. The summed E-state index contributed by atoms with van der Waals surface area (Å²) >= 11 is 0. The predicted octanol–water partition coefficient (Wildman–Crippen LogP) is 1.56. The number of carbonyl (C=O) groups excluding carboxylic acids is 1. The Kier molecular flexibility index (Phi) is 4.97. The van der Waals surface area contributed by atoms with Crippen LogP contribution in [0, 0.1) is 11.8 Å². The van der Waals surface area contributed by atoms with Gasteiger partial charge in [0.2, 0.25) is 0 Å². The van der Waals surface area contributed by atoms with E-state index in [1.165, 1.54) is 0 Å². The third-order valence-corrected chi connectivity index (χ3v) is 5.84. The van der Waals surface area contributed by atoms with Crippen molar-refractivity contribution in [3.05, 3.63) is 36.2 Å². The first-order chi connectivity index (χ1) is 13.1. The molecule has 2 aliphatic rings. The number of aliphatic hydroxyl groups excluding tert-OH is 2. The predicted molar refractivity (Wildman–Crippen MR) is 99.9 cm³/mol. The minimum absolute atomic E-state index is 0.00922. The van der Waals surface area contributed by atoms with Gasteiger partial charge in [-0.25, -0.2) is 9.67 Å². The smallest absolute Gasteiger partial charge is 0.253 e. The number of benzene rings is 1. The van der Waals surface area contributed by atoms with Crippen LogP contribution in [-0.4, -0.2) is 61.1 Å². The van der Waals surface area contributed by atoms with E-state index in [4.69, 9.17) is 0 Å². The number of aliphatic hydroxyl groups is 2. The summed E-state index contributed by atoms with van der Waals surface area (Å²) in [6.07, 6.45) is 2.34. The van der Waals surface area contributed by atoms with Crippen molar-refractivity contribution in [2.24, 2.45) is 11.8 Å². The van der Waals surface area contributed by atoms with Crippen molar-refractivity contribution in [2.45, 2.75) is 44.9 Å². The quantitative estimate of drug-likeness (QED) is 0.852. The topological polar surface area (TPSA) is 91.5 Å². The molecule has 0 bridgehead atoms. The maximum Gasteiger partial charge on any atom is 0.253 e. The van der Waals surface area contributed by atoms with Crippen molar-refractivity contribution >= 4 is 5.91 Å². The SMILES string of the molecule is CCCn1ncnc1-c1ccc(C(=O)N2C[C@H]3C[C@H](O)[C@H](O)C[C@H]3C2)cc1. The third-order valence-electron chi connectivity index (χ3n) is 5.84. The van der Waals surface area contributed by atoms with Gasteiger partial charge < -0.3 is 15.1 Å². The average molecular weight is 370 g/mol. The van der Waals surface area contributed by atoms with Crippen molar-refractivity contribution in [1.29, 1.82) is 0 Å². The maximum atomic E-state index is 12.9. The Balaban J connectivity index is 1.46. The molecule has 7 heteroatoms. The van der Waals surface area contributed by atoms with Gasteiger partial charge in [0.25, 0.3) is 5.91 Å². The van der Waals surface area contributed by atoms with E-state index in [1.54, 1.807) is 6.33 Å². The zero-order valence-electron chi connectivity index (χ0n) is 15.5. The van der Waals surface area contributed by atoms with Gasteiger partial charge in [-0.05, 0) is 43.2 Å². The molecule has 144 valence electrons. The van der Waals surface area contributed by atoms with Crippen LogP contribution in [0.5, 0.6) is 0 Å². The molecule has 1 aromatic heterocycles. The van der Waals surface area contributed by atoms with Gasteiger partial charge in [0, 0.05) is 30.8 Å². The van der Waals surface area contributed by atoms with Gasteiger partial charge in [0.15, 0.2) is 5.82 Å². The van der Waals surface area contributed by atoms with Crippen molar-refractivity contribution < 1.29 is 15.0 Å². The van der Waals surface area contributed by atoms with Gasteiger partial charge in [-0.2, -0.15) is 5.10 Å². The van der Waals surface area contributed by atoms with E-state index < -0.39 is 12.2 Å². The Hall–Kier alpha value is -2.25. The molecule has 4 rings (SSSR count). The van der Waals surface area contributed by atoms with Gasteiger partial charge in [0.05, 0.1) is 12.2 Å². The molecule has 1 saturated carbocycles. The van der Waals surface area contributed by atoms with Crippen molar-refractivity contribution in [2.75, 3.05) is 13.1 Å². The Morgan fingerprint density at radius 3 is 2.33 bits per heavy atom. The van der Waals surface area contributed by atoms with Crippen LogP contribution < -0.4 is 0 Å². The zero-order chi connectivity index (χ0) is 19.0. The molecule has 1 saturated heterocycles. The molecule has 2 aromatic rings. The number of hydrogen-bond acceptors (Lipinski definition) is 5. The normalized spacial score (nSPS) is 27.6. The highest BCUT2D eigenvalue weighted by Crippen LogP contribution is 2.37. The molecule has 0 spiro atoms. The zero-order valence-corrected chi connectivity index (χ0v) is 15.5. The second-order valence-electron chi connectivity index (χ2n) is 7.72. The highest BCUT2D eigenvalue weighted by Gasteiger charge is 2.42. The summed E-state index contributed by atoms with van der Waals surface area (Å²) in [7, 11) is 0. The van der Waals surface area contributed by atoms with Crippen LogP contribution in [0.4, 0.5) is 0 Å². The minimum Gasteiger partial charge on any atom is -0.390 e. The molecule has 1 aromatic carbocycles. The molecule has 2 fully saturated rings. The first-order valence-electron chi connectivity index (χ1n) is 9.70. The number of nitrogens with zero attached hydrogens (tertiary/aromatic N) is 4. The Morgan fingerprint density at radius 2 is 1.74 bits per heavy atom. The second kappa shape index (κ2) is 7.40. The number of rotatable bonds is 4. The fourth-order valence-corrected chi connectivity index (χ4v) is 4.38. The van der Waals surface area contributed by atoms with E-state index in [-0.39, 0.29) is 17.7 Å². The molecule has 27 heavy (non-hydrogen) atoms. The Morgan fingerprint density at radius 1 is 1.11 bits per heavy atom. The van der Waals surface area contributed by atoms with E-state index in [2.05, 4.69) is 17.0 Å². The van der Waals surface area contributed by atoms with Crippen LogP contribution in [0.15, 0.2) is 30.6 Å². The number of likely N-dealkylation sites (tertiary alicyclic amines) is 1. The second-order valence-corrected chi connectivity index (χ2v) is 7.72. The largest absolute Gasteiger partial charge is 0.390 e. The lowest BCUT2D eigenvalue weighted by Crippen LogP contribution is -2.38. The Labute approximate surface area is 158 Å². The molecule has 2 N–H and O–H groups in total. The summed E-state index contributed by atoms with van der Waals surface area (Å²) in [5.74, 6) is 1.37. The number of amides is 1. The molecule has 2 heterocycles. The van der Waals surface area contributed by atoms with E-state index >= 15 is 0 Å². The van der Waals surface area contributed by atoms with Crippen LogP contribution >= 0.6 is 0 Å². The first-order valence-corrected chi connectivity index (χ1v) is 9.70. The first kappa shape index (κ1) is 18.1. The lowest BCUT2D eigenvalue weighted by atomic mass is 9.79. The molecular weight excluding hydrogens is 344 g/mol.